The standard InChI is InChI=1S/C13H18INO2/c1-3-10(16)7-8-15-13(17)11-5-4-6-12(14)9(11)2/h4-6,10,16H,3,7-8H2,1-2H3,(H,15,17). The van der Waals surface area contributed by atoms with E-state index in [1.807, 2.05) is 32.0 Å². The zero-order valence-electron chi connectivity index (χ0n) is 10.2. The Hall–Kier alpha value is -0.620. The highest BCUT2D eigenvalue weighted by Gasteiger charge is 2.10. The molecule has 0 aliphatic rings. The largest absolute Gasteiger partial charge is 0.393 e. The van der Waals surface area contributed by atoms with E-state index in [4.69, 9.17) is 0 Å². The van der Waals surface area contributed by atoms with Crippen LogP contribution >= 0.6 is 22.6 Å². The third-order valence-electron chi connectivity index (χ3n) is 2.75. The second-order valence-corrected chi connectivity index (χ2v) is 5.18. The fraction of sp³-hybridized carbons (Fsp3) is 0.462. The van der Waals surface area contributed by atoms with Gasteiger partial charge in [-0.1, -0.05) is 13.0 Å². The molecule has 0 aromatic heterocycles. The molecule has 3 nitrogen and oxygen atoms in total. The van der Waals surface area contributed by atoms with Gasteiger partial charge >= 0.3 is 0 Å². The summed E-state index contributed by atoms with van der Waals surface area (Å²) in [6.45, 7) is 4.38. The fourth-order valence-corrected chi connectivity index (χ4v) is 2.00. The predicted octanol–water partition coefficient (Wildman–Crippen LogP) is 2.49. The van der Waals surface area contributed by atoms with Gasteiger partial charge in [0.25, 0.3) is 5.91 Å². The van der Waals surface area contributed by atoms with Crippen LogP contribution in [0.4, 0.5) is 0 Å². The van der Waals surface area contributed by atoms with Gasteiger partial charge in [-0.3, -0.25) is 4.79 Å². The molecule has 94 valence electrons. The first-order valence-corrected chi connectivity index (χ1v) is 6.85. The molecule has 2 N–H and O–H groups in total. The molecule has 0 saturated carbocycles. The van der Waals surface area contributed by atoms with Crippen molar-refractivity contribution in [2.75, 3.05) is 6.54 Å². The maximum atomic E-state index is 11.9. The highest BCUT2D eigenvalue weighted by molar-refractivity contribution is 14.1. The van der Waals surface area contributed by atoms with E-state index >= 15 is 0 Å². The van der Waals surface area contributed by atoms with Gasteiger partial charge < -0.3 is 10.4 Å². The first-order chi connectivity index (χ1) is 8.06. The fourth-order valence-electron chi connectivity index (χ4n) is 1.51. The number of aliphatic hydroxyl groups is 1. The third-order valence-corrected chi connectivity index (χ3v) is 3.92. The number of benzene rings is 1. The number of halogens is 1. The molecule has 0 heterocycles. The Balaban J connectivity index is 2.56. The van der Waals surface area contributed by atoms with Crippen molar-refractivity contribution in [3.8, 4) is 0 Å². The minimum atomic E-state index is -0.327. The zero-order valence-corrected chi connectivity index (χ0v) is 12.3. The second kappa shape index (κ2) is 6.96. The Bertz CT molecular complexity index is 393. The summed E-state index contributed by atoms with van der Waals surface area (Å²) >= 11 is 2.22. The van der Waals surface area contributed by atoms with Crippen LogP contribution in [0.25, 0.3) is 0 Å². The number of carbonyl (C=O) groups is 1. The van der Waals surface area contributed by atoms with Crippen LogP contribution in [0.5, 0.6) is 0 Å². The van der Waals surface area contributed by atoms with Gasteiger partial charge in [-0.05, 0) is 60.1 Å². The van der Waals surface area contributed by atoms with E-state index in [0.29, 0.717) is 18.5 Å². The van der Waals surface area contributed by atoms with Gasteiger partial charge in [0.15, 0.2) is 0 Å². The van der Waals surface area contributed by atoms with Gasteiger partial charge in [0, 0.05) is 15.7 Å². The zero-order chi connectivity index (χ0) is 12.8. The maximum Gasteiger partial charge on any atom is 0.251 e. The van der Waals surface area contributed by atoms with E-state index < -0.39 is 0 Å². The Kier molecular flexibility index (Phi) is 5.91. The molecule has 17 heavy (non-hydrogen) atoms. The number of hydrogen-bond donors (Lipinski definition) is 2. The van der Waals surface area contributed by atoms with Gasteiger partial charge in [-0.15, -0.1) is 0 Å². The van der Waals surface area contributed by atoms with Crippen molar-refractivity contribution in [1.82, 2.24) is 5.32 Å². The van der Waals surface area contributed by atoms with Crippen LogP contribution in [-0.2, 0) is 0 Å². The van der Waals surface area contributed by atoms with Crippen molar-refractivity contribution in [2.45, 2.75) is 32.8 Å². The summed E-state index contributed by atoms with van der Waals surface area (Å²) in [4.78, 5) is 11.9. The predicted molar refractivity (Wildman–Crippen MR) is 77.1 cm³/mol. The molecule has 4 heteroatoms. The van der Waals surface area contributed by atoms with Gasteiger partial charge in [0.05, 0.1) is 6.10 Å². The molecule has 1 atom stereocenters. The summed E-state index contributed by atoms with van der Waals surface area (Å²) in [6.07, 6.45) is 0.996. The molecule has 0 aliphatic heterocycles. The summed E-state index contributed by atoms with van der Waals surface area (Å²) in [5.41, 5.74) is 1.71. The van der Waals surface area contributed by atoms with Crippen LogP contribution in [-0.4, -0.2) is 23.7 Å². The Morgan fingerprint density at radius 3 is 2.88 bits per heavy atom. The van der Waals surface area contributed by atoms with Crippen molar-refractivity contribution >= 4 is 28.5 Å². The summed E-state index contributed by atoms with van der Waals surface area (Å²) < 4.78 is 1.09. The molecule has 1 amide bonds. The number of carbonyl (C=O) groups excluding carboxylic acids is 1. The molecule has 0 fully saturated rings. The van der Waals surface area contributed by atoms with Crippen LogP contribution in [0.1, 0.15) is 35.7 Å². The highest BCUT2D eigenvalue weighted by atomic mass is 127. The van der Waals surface area contributed by atoms with E-state index in [1.54, 1.807) is 0 Å². The maximum absolute atomic E-state index is 11.9. The molecule has 1 unspecified atom stereocenters. The van der Waals surface area contributed by atoms with E-state index in [1.165, 1.54) is 0 Å². The van der Waals surface area contributed by atoms with Crippen LogP contribution in [0, 0.1) is 10.5 Å². The Labute approximate surface area is 116 Å². The van der Waals surface area contributed by atoms with E-state index in [0.717, 1.165) is 15.6 Å². The summed E-state index contributed by atoms with van der Waals surface area (Å²) in [5.74, 6) is -0.0654. The molecule has 0 bridgehead atoms. The first kappa shape index (κ1) is 14.4. The SMILES string of the molecule is CCC(O)CCNC(=O)c1cccc(I)c1C. The summed E-state index contributed by atoms with van der Waals surface area (Å²) in [7, 11) is 0. The van der Waals surface area contributed by atoms with Crippen molar-refractivity contribution < 1.29 is 9.90 Å². The number of rotatable bonds is 5. The van der Waals surface area contributed by atoms with Crippen LogP contribution in [0.2, 0.25) is 0 Å². The molecule has 1 aromatic carbocycles. The molecule has 0 saturated heterocycles. The van der Waals surface area contributed by atoms with Gasteiger partial charge in [-0.2, -0.15) is 0 Å². The lowest BCUT2D eigenvalue weighted by Gasteiger charge is -2.10. The van der Waals surface area contributed by atoms with Crippen molar-refractivity contribution in [1.29, 1.82) is 0 Å². The number of amides is 1. The quantitative estimate of drug-likeness (QED) is 0.804. The molecular formula is C13H18INO2. The average molecular weight is 347 g/mol. The topological polar surface area (TPSA) is 49.3 Å². The lowest BCUT2D eigenvalue weighted by molar-refractivity contribution is 0.0941. The Morgan fingerprint density at radius 1 is 1.53 bits per heavy atom. The minimum Gasteiger partial charge on any atom is -0.393 e. The average Bonchev–Trinajstić information content (AvgIpc) is 2.32. The van der Waals surface area contributed by atoms with Crippen LogP contribution < -0.4 is 5.32 Å². The third kappa shape index (κ3) is 4.27. The van der Waals surface area contributed by atoms with Crippen LogP contribution in [0.15, 0.2) is 18.2 Å². The van der Waals surface area contributed by atoms with Gasteiger partial charge in [0.1, 0.15) is 0 Å². The monoisotopic (exact) mass is 347 g/mol. The normalized spacial score (nSPS) is 12.2. The number of hydrogen-bond acceptors (Lipinski definition) is 2. The molecule has 0 spiro atoms. The summed E-state index contributed by atoms with van der Waals surface area (Å²) in [5, 5.41) is 12.2. The van der Waals surface area contributed by atoms with E-state index in [2.05, 4.69) is 27.9 Å². The lowest BCUT2D eigenvalue weighted by atomic mass is 10.1. The van der Waals surface area contributed by atoms with E-state index in [9.17, 15) is 9.90 Å². The molecule has 0 aliphatic carbocycles. The Morgan fingerprint density at radius 2 is 2.24 bits per heavy atom. The van der Waals surface area contributed by atoms with Crippen molar-refractivity contribution in [3.63, 3.8) is 0 Å². The second-order valence-electron chi connectivity index (χ2n) is 4.02. The van der Waals surface area contributed by atoms with Crippen LogP contribution in [0.3, 0.4) is 0 Å². The molecular weight excluding hydrogens is 329 g/mol. The van der Waals surface area contributed by atoms with Crippen molar-refractivity contribution in [3.05, 3.63) is 32.9 Å². The summed E-state index contributed by atoms with van der Waals surface area (Å²) in [6, 6.07) is 5.68. The van der Waals surface area contributed by atoms with Crippen molar-refractivity contribution in [2.24, 2.45) is 0 Å². The van der Waals surface area contributed by atoms with Gasteiger partial charge in [0.2, 0.25) is 0 Å². The smallest absolute Gasteiger partial charge is 0.251 e. The molecule has 1 rings (SSSR count). The highest BCUT2D eigenvalue weighted by Crippen LogP contribution is 2.15. The first-order valence-electron chi connectivity index (χ1n) is 5.77. The lowest BCUT2D eigenvalue weighted by Crippen LogP contribution is -2.27. The van der Waals surface area contributed by atoms with E-state index in [-0.39, 0.29) is 12.0 Å². The van der Waals surface area contributed by atoms with Gasteiger partial charge in [-0.25, -0.2) is 0 Å². The molecule has 0 radical (unpaired) electrons. The number of nitrogens with one attached hydrogen (secondary N) is 1. The molecule has 1 aromatic rings. The number of aliphatic hydroxyl groups excluding tert-OH is 1. The minimum absolute atomic E-state index is 0.0654.